The summed E-state index contributed by atoms with van der Waals surface area (Å²) in [6.45, 7) is -0.146. The molecule has 0 fully saturated rings. The lowest BCUT2D eigenvalue weighted by Gasteiger charge is -2.03. The first-order valence-corrected chi connectivity index (χ1v) is 5.73. The summed E-state index contributed by atoms with van der Waals surface area (Å²) in [4.78, 5) is 11.1. The molecule has 1 aromatic carbocycles. The molecule has 0 aliphatic rings. The average molecular weight is 240 g/mol. The normalized spacial score (nSPS) is 11.5. The molecule has 0 saturated carbocycles. The predicted octanol–water partition coefficient (Wildman–Crippen LogP) is 0.573. The Bertz CT molecular complexity index is 456. The molecule has 1 N–H and O–H groups in total. The Kier molecular flexibility index (Phi) is 4.61. The van der Waals surface area contributed by atoms with Crippen molar-refractivity contribution in [3.8, 4) is 6.07 Å². The number of nitriles is 1. The standard InChI is InChI=1S/C10H9FN2O2S/c11-8-3-1-2-4-9(8)16(15)7-10(14)13-6-5-12/h1-4H,6-7H2,(H,13,14). The number of carbonyl (C=O) groups excluding carboxylic acids is 1. The van der Waals surface area contributed by atoms with Crippen LogP contribution in [0.3, 0.4) is 0 Å². The molecule has 0 saturated heterocycles. The van der Waals surface area contributed by atoms with Gasteiger partial charge >= 0.3 is 0 Å². The van der Waals surface area contributed by atoms with Gasteiger partial charge in [0.15, 0.2) is 0 Å². The summed E-state index contributed by atoms with van der Waals surface area (Å²) in [5.74, 6) is -1.49. The van der Waals surface area contributed by atoms with Crippen LogP contribution in [0.2, 0.25) is 0 Å². The molecule has 6 heteroatoms. The molecule has 0 spiro atoms. The topological polar surface area (TPSA) is 70.0 Å². The summed E-state index contributed by atoms with van der Waals surface area (Å²) in [6.07, 6.45) is 0. The van der Waals surface area contributed by atoms with Gasteiger partial charge in [-0.05, 0) is 12.1 Å². The van der Waals surface area contributed by atoms with Crippen molar-refractivity contribution in [1.82, 2.24) is 5.32 Å². The zero-order chi connectivity index (χ0) is 12.0. The molecule has 1 rings (SSSR count). The largest absolute Gasteiger partial charge is 0.342 e. The highest BCUT2D eigenvalue weighted by atomic mass is 32.2. The highest BCUT2D eigenvalue weighted by Gasteiger charge is 2.13. The van der Waals surface area contributed by atoms with E-state index in [1.165, 1.54) is 18.2 Å². The highest BCUT2D eigenvalue weighted by molar-refractivity contribution is 7.85. The molecular weight excluding hydrogens is 231 g/mol. The van der Waals surface area contributed by atoms with Crippen LogP contribution in [-0.4, -0.2) is 22.4 Å². The number of nitrogens with one attached hydrogen (secondary N) is 1. The molecule has 0 aromatic heterocycles. The molecule has 1 unspecified atom stereocenters. The van der Waals surface area contributed by atoms with E-state index in [1.807, 2.05) is 0 Å². The Labute approximate surface area is 94.5 Å². The molecule has 1 aromatic rings. The lowest BCUT2D eigenvalue weighted by Crippen LogP contribution is -2.28. The van der Waals surface area contributed by atoms with E-state index < -0.39 is 22.5 Å². The SMILES string of the molecule is N#CCNC(=O)CS(=O)c1ccccc1F. The van der Waals surface area contributed by atoms with Gasteiger partial charge in [-0.1, -0.05) is 12.1 Å². The van der Waals surface area contributed by atoms with Crippen molar-refractivity contribution in [2.24, 2.45) is 0 Å². The molecule has 0 aliphatic heterocycles. The minimum atomic E-state index is -1.72. The molecule has 16 heavy (non-hydrogen) atoms. The van der Waals surface area contributed by atoms with Gasteiger partial charge in [0.05, 0.1) is 21.8 Å². The number of hydrogen-bond acceptors (Lipinski definition) is 3. The van der Waals surface area contributed by atoms with Crippen LogP contribution >= 0.6 is 0 Å². The van der Waals surface area contributed by atoms with E-state index in [0.29, 0.717) is 0 Å². The highest BCUT2D eigenvalue weighted by Crippen LogP contribution is 2.11. The number of amides is 1. The Balaban J connectivity index is 2.63. The van der Waals surface area contributed by atoms with Crippen LogP contribution in [0.1, 0.15) is 0 Å². The van der Waals surface area contributed by atoms with Gasteiger partial charge in [0.25, 0.3) is 0 Å². The first-order valence-electron chi connectivity index (χ1n) is 4.41. The second-order valence-corrected chi connectivity index (χ2v) is 4.27. The van der Waals surface area contributed by atoms with Crippen LogP contribution in [0, 0.1) is 17.1 Å². The molecule has 0 radical (unpaired) electrons. The second kappa shape index (κ2) is 5.98. The first kappa shape index (κ1) is 12.3. The summed E-state index contributed by atoms with van der Waals surface area (Å²) in [7, 11) is -1.72. The third-order valence-electron chi connectivity index (χ3n) is 1.71. The Morgan fingerprint density at radius 3 is 2.81 bits per heavy atom. The van der Waals surface area contributed by atoms with Gasteiger partial charge in [0, 0.05) is 0 Å². The Morgan fingerprint density at radius 2 is 2.19 bits per heavy atom. The van der Waals surface area contributed by atoms with E-state index in [-0.39, 0.29) is 17.2 Å². The van der Waals surface area contributed by atoms with Gasteiger partial charge in [0.2, 0.25) is 5.91 Å². The molecule has 0 bridgehead atoms. The van der Waals surface area contributed by atoms with Gasteiger partial charge in [-0.25, -0.2) is 4.39 Å². The molecule has 1 amide bonds. The fourth-order valence-corrected chi connectivity index (χ4v) is 2.03. The fraction of sp³-hybridized carbons (Fsp3) is 0.200. The van der Waals surface area contributed by atoms with Crippen molar-refractivity contribution in [1.29, 1.82) is 5.26 Å². The zero-order valence-corrected chi connectivity index (χ0v) is 9.09. The van der Waals surface area contributed by atoms with Crippen molar-refractivity contribution in [2.75, 3.05) is 12.3 Å². The number of benzene rings is 1. The van der Waals surface area contributed by atoms with Crippen LogP contribution in [0.15, 0.2) is 29.2 Å². The summed E-state index contributed by atoms with van der Waals surface area (Å²) < 4.78 is 24.7. The maximum atomic E-state index is 13.2. The van der Waals surface area contributed by atoms with E-state index in [0.717, 1.165) is 0 Å². The van der Waals surface area contributed by atoms with Crippen molar-refractivity contribution in [3.63, 3.8) is 0 Å². The number of halogens is 1. The maximum Gasteiger partial charge on any atom is 0.233 e. The average Bonchev–Trinajstić information content (AvgIpc) is 2.26. The molecule has 4 nitrogen and oxygen atoms in total. The number of rotatable bonds is 4. The minimum Gasteiger partial charge on any atom is -0.342 e. The summed E-state index contributed by atoms with van der Waals surface area (Å²) in [5, 5.41) is 10.4. The third-order valence-corrected chi connectivity index (χ3v) is 3.05. The van der Waals surface area contributed by atoms with Crippen LogP contribution in [-0.2, 0) is 15.6 Å². The van der Waals surface area contributed by atoms with Gasteiger partial charge in [0.1, 0.15) is 18.1 Å². The Hall–Kier alpha value is -1.74. The Morgan fingerprint density at radius 1 is 1.50 bits per heavy atom. The summed E-state index contributed by atoms with van der Waals surface area (Å²) in [6, 6.07) is 7.29. The number of hydrogen-bond donors (Lipinski definition) is 1. The fourth-order valence-electron chi connectivity index (χ4n) is 1.02. The smallest absolute Gasteiger partial charge is 0.233 e. The molecule has 1 atom stereocenters. The van der Waals surface area contributed by atoms with E-state index in [9.17, 15) is 13.4 Å². The summed E-state index contributed by atoms with van der Waals surface area (Å²) in [5.41, 5.74) is 0. The number of nitrogens with zero attached hydrogens (tertiary/aromatic N) is 1. The van der Waals surface area contributed by atoms with E-state index in [2.05, 4.69) is 5.32 Å². The van der Waals surface area contributed by atoms with Crippen LogP contribution in [0.25, 0.3) is 0 Å². The van der Waals surface area contributed by atoms with Gasteiger partial charge in [-0.2, -0.15) is 5.26 Å². The number of carbonyl (C=O) groups is 1. The van der Waals surface area contributed by atoms with Crippen LogP contribution in [0.4, 0.5) is 4.39 Å². The van der Waals surface area contributed by atoms with Gasteiger partial charge < -0.3 is 5.32 Å². The van der Waals surface area contributed by atoms with Crippen molar-refractivity contribution in [3.05, 3.63) is 30.1 Å². The second-order valence-electron chi connectivity index (χ2n) is 2.86. The quantitative estimate of drug-likeness (QED) is 0.782. The molecule has 0 heterocycles. The molecular formula is C10H9FN2O2S. The maximum absolute atomic E-state index is 13.2. The van der Waals surface area contributed by atoms with E-state index >= 15 is 0 Å². The molecule has 84 valence electrons. The minimum absolute atomic E-state index is 0.00499. The summed E-state index contributed by atoms with van der Waals surface area (Å²) >= 11 is 0. The van der Waals surface area contributed by atoms with E-state index in [1.54, 1.807) is 12.1 Å². The van der Waals surface area contributed by atoms with Crippen molar-refractivity contribution in [2.45, 2.75) is 4.90 Å². The predicted molar refractivity (Wildman–Crippen MR) is 56.3 cm³/mol. The van der Waals surface area contributed by atoms with Crippen LogP contribution < -0.4 is 5.32 Å². The van der Waals surface area contributed by atoms with Gasteiger partial charge in [-0.15, -0.1) is 0 Å². The third kappa shape index (κ3) is 3.44. The van der Waals surface area contributed by atoms with Crippen molar-refractivity contribution < 1.29 is 13.4 Å². The molecule has 0 aliphatic carbocycles. The lowest BCUT2D eigenvalue weighted by atomic mass is 10.3. The zero-order valence-electron chi connectivity index (χ0n) is 8.27. The van der Waals surface area contributed by atoms with E-state index in [4.69, 9.17) is 5.26 Å². The van der Waals surface area contributed by atoms with Gasteiger partial charge in [-0.3, -0.25) is 9.00 Å². The first-order chi connectivity index (χ1) is 7.65. The van der Waals surface area contributed by atoms with Crippen molar-refractivity contribution >= 4 is 16.7 Å². The lowest BCUT2D eigenvalue weighted by molar-refractivity contribution is -0.118. The monoisotopic (exact) mass is 240 g/mol. The van der Waals surface area contributed by atoms with Crippen LogP contribution in [0.5, 0.6) is 0 Å².